The first-order chi connectivity index (χ1) is 8.93. The van der Waals surface area contributed by atoms with Gasteiger partial charge in [-0.25, -0.2) is 0 Å². The highest BCUT2D eigenvalue weighted by Gasteiger charge is 2.17. The van der Waals surface area contributed by atoms with Crippen LogP contribution >= 0.6 is 22.9 Å². The predicted octanol–water partition coefficient (Wildman–Crippen LogP) is 3.33. The zero-order chi connectivity index (χ0) is 14.3. The largest absolute Gasteiger partial charge is 0.396 e. The van der Waals surface area contributed by atoms with Crippen LogP contribution in [0.5, 0.6) is 0 Å². The maximum absolute atomic E-state index is 11.7. The Morgan fingerprint density at radius 2 is 2.26 bits per heavy atom. The van der Waals surface area contributed by atoms with Crippen LogP contribution in [0.3, 0.4) is 0 Å². The van der Waals surface area contributed by atoms with Crippen molar-refractivity contribution in [3.05, 3.63) is 27.4 Å². The molecule has 106 valence electrons. The van der Waals surface area contributed by atoms with Crippen LogP contribution in [0.2, 0.25) is 4.34 Å². The maximum atomic E-state index is 11.7. The van der Waals surface area contributed by atoms with Gasteiger partial charge in [-0.2, -0.15) is 0 Å². The Labute approximate surface area is 123 Å². The predicted molar refractivity (Wildman–Crippen MR) is 81.5 cm³/mol. The number of rotatable bonds is 7. The lowest BCUT2D eigenvalue weighted by molar-refractivity contribution is -0.116. The standard InChI is InChI=1S/C14H20ClNO2S/c1-14(2,8-3-9-17)10-16-13(18)7-5-11-4-6-12(15)19-11/h4-7,17H,3,8-10H2,1-2H3,(H,16,18)/b7-5+. The van der Waals surface area contributed by atoms with Crippen molar-refractivity contribution in [1.82, 2.24) is 5.32 Å². The summed E-state index contributed by atoms with van der Waals surface area (Å²) in [6.45, 7) is 4.94. The first-order valence-corrected chi connectivity index (χ1v) is 7.44. The van der Waals surface area contributed by atoms with Gasteiger partial charge in [-0.1, -0.05) is 25.4 Å². The van der Waals surface area contributed by atoms with Gasteiger partial charge in [0.05, 0.1) is 4.34 Å². The zero-order valence-corrected chi connectivity index (χ0v) is 12.9. The normalized spacial score (nSPS) is 12.0. The number of hydrogen-bond donors (Lipinski definition) is 2. The van der Waals surface area contributed by atoms with E-state index >= 15 is 0 Å². The molecule has 1 rings (SSSR count). The van der Waals surface area contributed by atoms with Crippen LogP contribution in [0.1, 0.15) is 31.6 Å². The second-order valence-corrected chi connectivity index (χ2v) is 6.93. The third kappa shape index (κ3) is 6.76. The summed E-state index contributed by atoms with van der Waals surface area (Å²) < 4.78 is 0.713. The first-order valence-electron chi connectivity index (χ1n) is 6.25. The van der Waals surface area contributed by atoms with Crippen molar-refractivity contribution in [2.75, 3.05) is 13.2 Å². The minimum atomic E-state index is -0.110. The number of amides is 1. The van der Waals surface area contributed by atoms with E-state index in [2.05, 4.69) is 19.2 Å². The third-order valence-corrected chi connectivity index (χ3v) is 3.94. The number of carbonyl (C=O) groups is 1. The van der Waals surface area contributed by atoms with E-state index in [0.29, 0.717) is 10.9 Å². The summed E-state index contributed by atoms with van der Waals surface area (Å²) in [5, 5.41) is 11.7. The number of halogens is 1. The molecule has 0 saturated heterocycles. The number of hydrogen-bond acceptors (Lipinski definition) is 3. The first kappa shape index (κ1) is 16.2. The van der Waals surface area contributed by atoms with Gasteiger partial charge in [0.1, 0.15) is 0 Å². The number of aliphatic hydroxyl groups is 1. The lowest BCUT2D eigenvalue weighted by Crippen LogP contribution is -2.33. The van der Waals surface area contributed by atoms with Gasteiger partial charge in [-0.3, -0.25) is 4.79 Å². The molecular formula is C14H20ClNO2S. The Balaban J connectivity index is 2.37. The second kappa shape index (κ2) is 7.68. The lowest BCUT2D eigenvalue weighted by atomic mass is 9.88. The van der Waals surface area contributed by atoms with Crippen LogP contribution in [0.4, 0.5) is 0 Å². The molecule has 0 bridgehead atoms. The molecular weight excluding hydrogens is 282 g/mol. The molecule has 0 radical (unpaired) electrons. The molecule has 1 aromatic heterocycles. The smallest absolute Gasteiger partial charge is 0.244 e. The van der Waals surface area contributed by atoms with Crippen molar-refractivity contribution in [3.63, 3.8) is 0 Å². The summed E-state index contributed by atoms with van der Waals surface area (Å²) in [6, 6.07) is 3.68. The molecule has 1 heterocycles. The molecule has 2 N–H and O–H groups in total. The molecule has 0 atom stereocenters. The SMILES string of the molecule is CC(C)(CCCO)CNC(=O)/C=C/c1ccc(Cl)s1. The third-order valence-electron chi connectivity index (χ3n) is 2.75. The molecule has 0 aromatic carbocycles. The Morgan fingerprint density at radius 3 is 2.84 bits per heavy atom. The Bertz CT molecular complexity index is 440. The fraction of sp³-hybridized carbons (Fsp3) is 0.500. The summed E-state index contributed by atoms with van der Waals surface area (Å²) in [7, 11) is 0. The van der Waals surface area contributed by atoms with Crippen LogP contribution in [-0.4, -0.2) is 24.2 Å². The van der Waals surface area contributed by atoms with Gasteiger partial charge in [-0.05, 0) is 36.5 Å². The van der Waals surface area contributed by atoms with Crippen molar-refractivity contribution in [1.29, 1.82) is 0 Å². The molecule has 1 aromatic rings. The summed E-state index contributed by atoms with van der Waals surface area (Å²) in [5.41, 5.74) is -0.00152. The number of carbonyl (C=O) groups excluding carboxylic acids is 1. The van der Waals surface area contributed by atoms with Crippen LogP contribution < -0.4 is 5.32 Å². The van der Waals surface area contributed by atoms with Gasteiger partial charge in [0, 0.05) is 24.1 Å². The average molecular weight is 302 g/mol. The summed E-state index contributed by atoms with van der Waals surface area (Å²) in [4.78, 5) is 12.6. The number of nitrogens with one attached hydrogen (secondary N) is 1. The molecule has 3 nitrogen and oxygen atoms in total. The van der Waals surface area contributed by atoms with Gasteiger partial charge in [0.2, 0.25) is 5.91 Å². The van der Waals surface area contributed by atoms with Crippen molar-refractivity contribution < 1.29 is 9.90 Å². The zero-order valence-electron chi connectivity index (χ0n) is 11.3. The molecule has 0 aliphatic carbocycles. The highest BCUT2D eigenvalue weighted by atomic mass is 35.5. The van der Waals surface area contributed by atoms with Crippen LogP contribution in [-0.2, 0) is 4.79 Å². The highest BCUT2D eigenvalue weighted by molar-refractivity contribution is 7.17. The number of thiophene rings is 1. The molecule has 1 amide bonds. The van der Waals surface area contributed by atoms with E-state index in [1.54, 1.807) is 6.08 Å². The van der Waals surface area contributed by atoms with Gasteiger partial charge in [-0.15, -0.1) is 11.3 Å². The number of aliphatic hydroxyl groups excluding tert-OH is 1. The van der Waals surface area contributed by atoms with E-state index in [0.717, 1.165) is 17.7 Å². The average Bonchev–Trinajstić information content (AvgIpc) is 2.77. The topological polar surface area (TPSA) is 49.3 Å². The molecule has 0 fully saturated rings. The Morgan fingerprint density at radius 1 is 1.53 bits per heavy atom. The summed E-state index contributed by atoms with van der Waals surface area (Å²) in [6.07, 6.45) is 4.91. The van der Waals surface area contributed by atoms with E-state index in [1.165, 1.54) is 17.4 Å². The van der Waals surface area contributed by atoms with E-state index in [9.17, 15) is 4.79 Å². The van der Waals surface area contributed by atoms with E-state index in [-0.39, 0.29) is 17.9 Å². The lowest BCUT2D eigenvalue weighted by Gasteiger charge is -2.24. The summed E-state index contributed by atoms with van der Waals surface area (Å²) >= 11 is 7.24. The Kier molecular flexibility index (Phi) is 6.55. The molecule has 0 unspecified atom stereocenters. The van der Waals surface area contributed by atoms with Gasteiger partial charge >= 0.3 is 0 Å². The van der Waals surface area contributed by atoms with E-state index in [4.69, 9.17) is 16.7 Å². The van der Waals surface area contributed by atoms with Crippen LogP contribution in [0, 0.1) is 5.41 Å². The van der Waals surface area contributed by atoms with Gasteiger partial charge < -0.3 is 10.4 Å². The fourth-order valence-corrected chi connectivity index (χ4v) is 2.57. The molecule has 0 aliphatic rings. The van der Waals surface area contributed by atoms with E-state index in [1.807, 2.05) is 12.1 Å². The maximum Gasteiger partial charge on any atom is 0.244 e. The van der Waals surface area contributed by atoms with Gasteiger partial charge in [0.15, 0.2) is 0 Å². The van der Waals surface area contributed by atoms with Crippen molar-refractivity contribution in [2.45, 2.75) is 26.7 Å². The molecule has 5 heteroatoms. The van der Waals surface area contributed by atoms with Gasteiger partial charge in [0.25, 0.3) is 0 Å². The summed E-state index contributed by atoms with van der Waals surface area (Å²) in [5.74, 6) is -0.110. The van der Waals surface area contributed by atoms with Crippen LogP contribution in [0.25, 0.3) is 6.08 Å². The minimum Gasteiger partial charge on any atom is -0.396 e. The molecule has 0 spiro atoms. The molecule has 0 aliphatic heterocycles. The quantitative estimate of drug-likeness (QED) is 0.759. The van der Waals surface area contributed by atoms with E-state index < -0.39 is 0 Å². The monoisotopic (exact) mass is 301 g/mol. The fourth-order valence-electron chi connectivity index (χ4n) is 1.61. The highest BCUT2D eigenvalue weighted by Crippen LogP contribution is 2.22. The molecule has 0 saturated carbocycles. The van der Waals surface area contributed by atoms with Crippen molar-refractivity contribution in [3.8, 4) is 0 Å². The minimum absolute atomic E-state index is 0.00152. The van der Waals surface area contributed by atoms with Crippen LogP contribution in [0.15, 0.2) is 18.2 Å². The second-order valence-electron chi connectivity index (χ2n) is 5.18. The van der Waals surface area contributed by atoms with Crippen molar-refractivity contribution >= 4 is 34.9 Å². The molecule has 19 heavy (non-hydrogen) atoms. The Hall–Kier alpha value is -0.840. The van der Waals surface area contributed by atoms with Crippen molar-refractivity contribution in [2.24, 2.45) is 5.41 Å².